The van der Waals surface area contributed by atoms with Gasteiger partial charge in [-0.15, -0.1) is 11.3 Å². The van der Waals surface area contributed by atoms with Crippen LogP contribution in [0, 0.1) is 6.92 Å². The lowest BCUT2D eigenvalue weighted by atomic mass is 10.2. The highest BCUT2D eigenvalue weighted by molar-refractivity contribution is 7.21. The summed E-state index contributed by atoms with van der Waals surface area (Å²) in [6.07, 6.45) is 2.09. The quantitative estimate of drug-likeness (QED) is 0.918. The molecule has 2 N–H and O–H groups in total. The summed E-state index contributed by atoms with van der Waals surface area (Å²) in [6, 6.07) is 3.87. The average molecular weight is 291 g/mol. The number of nitrogen functional groups attached to an aromatic ring is 1. The molecule has 0 atom stereocenters. The molecule has 2 rings (SSSR count). The van der Waals surface area contributed by atoms with Crippen molar-refractivity contribution in [3.05, 3.63) is 22.7 Å². The summed E-state index contributed by atoms with van der Waals surface area (Å²) in [5.74, 6) is 0.0269. The topological polar surface area (TPSA) is 59.2 Å². The molecule has 2 aromatic heterocycles. The van der Waals surface area contributed by atoms with Crippen LogP contribution in [-0.4, -0.2) is 28.9 Å². The monoisotopic (exact) mass is 291 g/mol. The first-order valence-electron chi connectivity index (χ1n) is 7.03. The summed E-state index contributed by atoms with van der Waals surface area (Å²) in [6.45, 7) is 7.56. The molecule has 0 aliphatic rings. The summed E-state index contributed by atoms with van der Waals surface area (Å²) in [5.41, 5.74) is 7.64. The van der Waals surface area contributed by atoms with Gasteiger partial charge in [0.05, 0.1) is 5.69 Å². The average Bonchev–Trinajstić information content (AvgIpc) is 2.76. The first-order chi connectivity index (χ1) is 9.58. The van der Waals surface area contributed by atoms with Gasteiger partial charge in [-0.1, -0.05) is 13.3 Å². The zero-order valence-corrected chi connectivity index (χ0v) is 13.1. The van der Waals surface area contributed by atoms with Crippen molar-refractivity contribution in [3.63, 3.8) is 0 Å². The van der Waals surface area contributed by atoms with Crippen molar-refractivity contribution in [1.82, 2.24) is 9.88 Å². The summed E-state index contributed by atoms with van der Waals surface area (Å²) in [5, 5.41) is 0.885. The minimum absolute atomic E-state index is 0.0269. The number of aromatic nitrogens is 1. The number of carbonyl (C=O) groups is 1. The Morgan fingerprint density at radius 2 is 2.15 bits per heavy atom. The minimum atomic E-state index is 0.0269. The van der Waals surface area contributed by atoms with E-state index in [0.717, 1.165) is 35.3 Å². The summed E-state index contributed by atoms with van der Waals surface area (Å²) in [4.78, 5) is 20.4. The van der Waals surface area contributed by atoms with E-state index in [-0.39, 0.29) is 5.91 Å². The number of rotatable bonds is 5. The Bertz CT molecular complexity index is 621. The van der Waals surface area contributed by atoms with Crippen LogP contribution in [0.15, 0.2) is 12.1 Å². The van der Waals surface area contributed by atoms with E-state index in [9.17, 15) is 4.79 Å². The Morgan fingerprint density at radius 1 is 1.40 bits per heavy atom. The van der Waals surface area contributed by atoms with Crippen LogP contribution in [0.5, 0.6) is 0 Å². The molecule has 0 radical (unpaired) electrons. The van der Waals surface area contributed by atoms with Crippen molar-refractivity contribution < 1.29 is 4.79 Å². The van der Waals surface area contributed by atoms with Gasteiger partial charge in [0, 0.05) is 24.2 Å². The number of aryl methyl sites for hydroxylation is 1. The number of fused-ring (bicyclic) bond motifs is 1. The van der Waals surface area contributed by atoms with E-state index in [2.05, 4.69) is 11.9 Å². The van der Waals surface area contributed by atoms with E-state index in [1.807, 2.05) is 30.9 Å². The molecule has 0 aliphatic heterocycles. The van der Waals surface area contributed by atoms with E-state index >= 15 is 0 Å². The maximum atomic E-state index is 12.6. The molecule has 2 aromatic rings. The molecule has 0 aromatic carbocycles. The number of thiophene rings is 1. The highest BCUT2D eigenvalue weighted by Gasteiger charge is 2.21. The maximum Gasteiger partial charge on any atom is 0.266 e. The number of hydrogen-bond acceptors (Lipinski definition) is 4. The Morgan fingerprint density at radius 3 is 2.80 bits per heavy atom. The number of unbranched alkanes of at least 4 members (excludes halogenated alkanes) is 1. The number of hydrogen-bond donors (Lipinski definition) is 1. The molecule has 4 nitrogen and oxygen atoms in total. The van der Waals surface area contributed by atoms with Gasteiger partial charge in [0.2, 0.25) is 0 Å². The first-order valence-corrected chi connectivity index (χ1v) is 7.85. The van der Waals surface area contributed by atoms with E-state index < -0.39 is 0 Å². The largest absolute Gasteiger partial charge is 0.397 e. The number of nitrogens with zero attached hydrogens (tertiary/aromatic N) is 2. The molecule has 0 fully saturated rings. The van der Waals surface area contributed by atoms with Crippen LogP contribution in [0.3, 0.4) is 0 Å². The van der Waals surface area contributed by atoms with Gasteiger partial charge in [0.1, 0.15) is 9.71 Å². The zero-order valence-electron chi connectivity index (χ0n) is 12.3. The molecule has 1 amide bonds. The number of amides is 1. The van der Waals surface area contributed by atoms with Crippen LogP contribution in [-0.2, 0) is 0 Å². The van der Waals surface area contributed by atoms with Gasteiger partial charge >= 0.3 is 0 Å². The van der Waals surface area contributed by atoms with Crippen LogP contribution < -0.4 is 5.73 Å². The van der Waals surface area contributed by atoms with Gasteiger partial charge in [-0.2, -0.15) is 0 Å². The third-order valence-electron chi connectivity index (χ3n) is 3.38. The summed E-state index contributed by atoms with van der Waals surface area (Å²) < 4.78 is 0. The molecule has 108 valence electrons. The smallest absolute Gasteiger partial charge is 0.266 e. The Labute approximate surface area is 123 Å². The normalized spacial score (nSPS) is 10.9. The minimum Gasteiger partial charge on any atom is -0.397 e. The van der Waals surface area contributed by atoms with E-state index in [1.165, 1.54) is 11.3 Å². The van der Waals surface area contributed by atoms with Crippen molar-refractivity contribution >= 4 is 33.1 Å². The van der Waals surface area contributed by atoms with Crippen molar-refractivity contribution in [2.24, 2.45) is 0 Å². The molecule has 0 bridgehead atoms. The highest BCUT2D eigenvalue weighted by Crippen LogP contribution is 2.33. The molecule has 0 spiro atoms. The number of anilines is 1. The van der Waals surface area contributed by atoms with Gasteiger partial charge in [-0.3, -0.25) is 4.79 Å². The second kappa shape index (κ2) is 6.22. The van der Waals surface area contributed by atoms with Crippen LogP contribution in [0.25, 0.3) is 10.2 Å². The van der Waals surface area contributed by atoms with Crippen LogP contribution in [0.2, 0.25) is 0 Å². The second-order valence-electron chi connectivity index (χ2n) is 4.89. The van der Waals surface area contributed by atoms with Gasteiger partial charge in [-0.25, -0.2) is 4.98 Å². The Balaban J connectivity index is 2.36. The lowest BCUT2D eigenvalue weighted by molar-refractivity contribution is 0.0768. The van der Waals surface area contributed by atoms with Crippen LogP contribution in [0.4, 0.5) is 5.69 Å². The third kappa shape index (κ3) is 2.77. The zero-order chi connectivity index (χ0) is 14.7. The predicted molar refractivity (Wildman–Crippen MR) is 85.3 cm³/mol. The SMILES string of the molecule is CCCCN(CC)C(=O)c1sc2nc(C)ccc2c1N. The molecule has 0 aliphatic carbocycles. The lowest BCUT2D eigenvalue weighted by Gasteiger charge is -2.20. The van der Waals surface area contributed by atoms with E-state index in [0.29, 0.717) is 17.1 Å². The van der Waals surface area contributed by atoms with Gasteiger partial charge < -0.3 is 10.6 Å². The molecule has 20 heavy (non-hydrogen) atoms. The molecule has 2 heterocycles. The van der Waals surface area contributed by atoms with Crippen molar-refractivity contribution in [2.45, 2.75) is 33.6 Å². The van der Waals surface area contributed by atoms with E-state index in [1.54, 1.807) is 0 Å². The van der Waals surface area contributed by atoms with Gasteiger partial charge in [0.25, 0.3) is 5.91 Å². The molecule has 0 saturated heterocycles. The van der Waals surface area contributed by atoms with Crippen LogP contribution in [0.1, 0.15) is 42.1 Å². The fourth-order valence-electron chi connectivity index (χ4n) is 2.14. The molecule has 0 unspecified atom stereocenters. The fourth-order valence-corrected chi connectivity index (χ4v) is 3.25. The Hall–Kier alpha value is -1.62. The highest BCUT2D eigenvalue weighted by atomic mass is 32.1. The van der Waals surface area contributed by atoms with Gasteiger partial charge in [-0.05, 0) is 32.4 Å². The molecule has 5 heteroatoms. The van der Waals surface area contributed by atoms with E-state index in [4.69, 9.17) is 5.73 Å². The third-order valence-corrected chi connectivity index (χ3v) is 4.48. The number of nitrogens with two attached hydrogens (primary N) is 1. The second-order valence-corrected chi connectivity index (χ2v) is 5.89. The molecular formula is C15H21N3OS. The summed E-state index contributed by atoms with van der Waals surface area (Å²) >= 11 is 1.40. The lowest BCUT2D eigenvalue weighted by Crippen LogP contribution is -2.31. The fraction of sp³-hybridized carbons (Fsp3) is 0.467. The molecule has 0 saturated carbocycles. The first kappa shape index (κ1) is 14.8. The van der Waals surface area contributed by atoms with Crippen molar-refractivity contribution in [2.75, 3.05) is 18.8 Å². The number of pyridine rings is 1. The summed E-state index contributed by atoms with van der Waals surface area (Å²) in [7, 11) is 0. The van der Waals surface area contributed by atoms with Crippen molar-refractivity contribution in [1.29, 1.82) is 0 Å². The Kier molecular flexibility index (Phi) is 4.60. The molecular weight excluding hydrogens is 270 g/mol. The standard InChI is InChI=1S/C15H21N3OS/c1-4-6-9-18(5-2)15(19)13-12(16)11-8-7-10(3)17-14(11)20-13/h7-8H,4-6,9,16H2,1-3H3. The van der Waals surface area contributed by atoms with Crippen molar-refractivity contribution in [3.8, 4) is 0 Å². The predicted octanol–water partition coefficient (Wildman–Crippen LogP) is 3.45. The number of carbonyl (C=O) groups excluding carboxylic acids is 1. The maximum absolute atomic E-state index is 12.6. The van der Waals surface area contributed by atoms with Gasteiger partial charge in [0.15, 0.2) is 0 Å². The van der Waals surface area contributed by atoms with Crippen LogP contribution >= 0.6 is 11.3 Å².